The van der Waals surface area contributed by atoms with E-state index < -0.39 is 5.97 Å². The third-order valence-corrected chi connectivity index (χ3v) is 6.24. The maximum absolute atomic E-state index is 12.4. The van der Waals surface area contributed by atoms with Crippen LogP contribution in [0.3, 0.4) is 0 Å². The first-order valence-electron chi connectivity index (χ1n) is 12.3. The Morgan fingerprint density at radius 3 is 2.51 bits per heavy atom. The lowest BCUT2D eigenvalue weighted by atomic mass is 10.00. The fraction of sp³-hybridized carbons (Fsp3) is 0.345. The molecule has 2 N–H and O–H groups in total. The van der Waals surface area contributed by atoms with Crippen molar-refractivity contribution in [3.63, 3.8) is 0 Å². The van der Waals surface area contributed by atoms with Crippen molar-refractivity contribution < 1.29 is 24.2 Å². The monoisotopic (exact) mass is 505 g/mol. The van der Waals surface area contributed by atoms with E-state index >= 15 is 0 Å². The second kappa shape index (κ2) is 12.3. The van der Waals surface area contributed by atoms with Gasteiger partial charge in [-0.2, -0.15) is 0 Å². The number of rotatable bonds is 11. The number of fused-ring (bicyclic) bond motifs is 1. The summed E-state index contributed by atoms with van der Waals surface area (Å²) in [5.74, 6) is -0.558. The largest absolute Gasteiger partial charge is 0.496 e. The molecule has 37 heavy (non-hydrogen) atoms. The molecule has 0 aliphatic carbocycles. The van der Waals surface area contributed by atoms with Gasteiger partial charge in [-0.3, -0.25) is 9.59 Å². The molecule has 0 saturated carbocycles. The Bertz CT molecular complexity index is 1340. The first-order chi connectivity index (χ1) is 17.6. The predicted octanol–water partition coefficient (Wildman–Crippen LogP) is 4.35. The van der Waals surface area contributed by atoms with Crippen molar-refractivity contribution in [1.29, 1.82) is 0 Å². The van der Waals surface area contributed by atoms with Gasteiger partial charge in [-0.25, -0.2) is 4.79 Å². The Morgan fingerprint density at radius 1 is 1.11 bits per heavy atom. The van der Waals surface area contributed by atoms with Crippen molar-refractivity contribution in [2.75, 3.05) is 27.7 Å². The van der Waals surface area contributed by atoms with Crippen molar-refractivity contribution >= 4 is 34.8 Å². The number of aromatic carboxylic acids is 1. The number of methoxy groups -OCH3 is 1. The van der Waals surface area contributed by atoms with Gasteiger partial charge < -0.3 is 24.6 Å². The highest BCUT2D eigenvalue weighted by molar-refractivity contribution is 5.98. The number of carbonyl (C=O) groups excluding carboxylic acids is 2. The van der Waals surface area contributed by atoms with Crippen LogP contribution in [0.5, 0.6) is 5.75 Å². The average Bonchev–Trinajstić information content (AvgIpc) is 3.22. The minimum Gasteiger partial charge on any atom is -0.496 e. The van der Waals surface area contributed by atoms with Crippen LogP contribution in [0.1, 0.15) is 53.7 Å². The van der Waals surface area contributed by atoms with Gasteiger partial charge in [0.25, 0.3) is 0 Å². The van der Waals surface area contributed by atoms with Gasteiger partial charge in [0.05, 0.1) is 12.7 Å². The van der Waals surface area contributed by atoms with Gasteiger partial charge in [0, 0.05) is 62.7 Å². The van der Waals surface area contributed by atoms with Crippen molar-refractivity contribution in [3.05, 3.63) is 70.4 Å². The predicted molar refractivity (Wildman–Crippen MR) is 145 cm³/mol. The zero-order valence-electron chi connectivity index (χ0n) is 22.1. The minimum absolute atomic E-state index is 0.0441. The van der Waals surface area contributed by atoms with E-state index in [0.29, 0.717) is 37.3 Å². The molecule has 0 fully saturated rings. The van der Waals surface area contributed by atoms with Crippen LogP contribution in [-0.4, -0.2) is 60.1 Å². The second-order valence-corrected chi connectivity index (χ2v) is 9.25. The molecule has 8 nitrogen and oxygen atoms in total. The van der Waals surface area contributed by atoms with E-state index in [0.717, 1.165) is 34.0 Å². The van der Waals surface area contributed by atoms with E-state index in [1.54, 1.807) is 38.1 Å². The van der Waals surface area contributed by atoms with Crippen LogP contribution in [0.4, 0.5) is 0 Å². The quantitative estimate of drug-likeness (QED) is 0.378. The van der Waals surface area contributed by atoms with E-state index in [4.69, 9.17) is 4.74 Å². The van der Waals surface area contributed by atoms with Crippen molar-refractivity contribution in [3.8, 4) is 5.75 Å². The zero-order chi connectivity index (χ0) is 27.1. The third-order valence-electron chi connectivity index (χ3n) is 6.24. The smallest absolute Gasteiger partial charge is 0.335 e. The third kappa shape index (κ3) is 6.78. The number of carboxylic acid groups (broad SMARTS) is 1. The van der Waals surface area contributed by atoms with Gasteiger partial charge in [-0.1, -0.05) is 19.1 Å². The van der Waals surface area contributed by atoms with E-state index in [1.165, 1.54) is 13.2 Å². The van der Waals surface area contributed by atoms with Gasteiger partial charge in [0.15, 0.2) is 0 Å². The maximum Gasteiger partial charge on any atom is 0.335 e. The number of nitrogens with zero attached hydrogens (tertiary/aromatic N) is 2. The molecule has 0 aliphatic heterocycles. The van der Waals surface area contributed by atoms with E-state index in [2.05, 4.69) is 9.88 Å². The lowest BCUT2D eigenvalue weighted by Gasteiger charge is -2.11. The summed E-state index contributed by atoms with van der Waals surface area (Å²) in [5.41, 5.74) is 4.52. The number of carbonyl (C=O) groups is 3. The van der Waals surface area contributed by atoms with Gasteiger partial charge in [-0.15, -0.1) is 0 Å². The van der Waals surface area contributed by atoms with Gasteiger partial charge in [0.1, 0.15) is 5.75 Å². The molecule has 1 aromatic heterocycles. The van der Waals surface area contributed by atoms with E-state index in [-0.39, 0.29) is 17.4 Å². The summed E-state index contributed by atoms with van der Waals surface area (Å²) < 4.78 is 7.56. The Balaban J connectivity index is 2.03. The maximum atomic E-state index is 12.4. The number of aromatic nitrogens is 1. The Morgan fingerprint density at radius 2 is 1.86 bits per heavy atom. The zero-order valence-corrected chi connectivity index (χ0v) is 22.1. The molecule has 196 valence electrons. The molecule has 3 aromatic rings. The molecule has 3 rings (SSSR count). The molecule has 0 saturated heterocycles. The van der Waals surface area contributed by atoms with Crippen LogP contribution in [-0.2, 0) is 22.6 Å². The van der Waals surface area contributed by atoms with Crippen molar-refractivity contribution in [2.45, 2.75) is 39.7 Å². The molecule has 8 heteroatoms. The summed E-state index contributed by atoms with van der Waals surface area (Å²) in [6, 6.07) is 10.9. The average molecular weight is 506 g/mol. The SMILES string of the molecule is CCCNC(=O)/C(C)=C\c1ccc2c(c1)c(Cc1ccc(C(=O)O)cc1OC)cn2CCC(=O)N(C)C. The fourth-order valence-electron chi connectivity index (χ4n) is 4.17. The summed E-state index contributed by atoms with van der Waals surface area (Å²) in [5, 5.41) is 13.2. The number of carboxylic acids is 1. The summed E-state index contributed by atoms with van der Waals surface area (Å²) in [4.78, 5) is 37.6. The number of nitrogens with one attached hydrogen (secondary N) is 1. The normalized spacial score (nSPS) is 11.4. The van der Waals surface area contributed by atoms with Crippen LogP contribution >= 0.6 is 0 Å². The summed E-state index contributed by atoms with van der Waals surface area (Å²) in [6.45, 7) is 4.96. The molecular formula is C29H35N3O5. The molecular weight excluding hydrogens is 470 g/mol. The molecule has 0 atom stereocenters. The summed E-state index contributed by atoms with van der Waals surface area (Å²) >= 11 is 0. The van der Waals surface area contributed by atoms with Gasteiger partial charge in [0.2, 0.25) is 11.8 Å². The fourth-order valence-corrected chi connectivity index (χ4v) is 4.17. The standard InChI is InChI=1S/C29H35N3O5/c1-6-12-30-28(34)19(2)14-20-7-10-25-24(15-20)23(18-32(25)13-11-27(33)31(3)4)16-21-8-9-22(29(35)36)17-26(21)37-5/h7-10,14-15,17-18H,6,11-13,16H2,1-5H3,(H,30,34)(H,35,36)/b19-14-. The van der Waals surface area contributed by atoms with E-state index in [1.807, 2.05) is 37.4 Å². The number of ether oxygens (including phenoxy) is 1. The van der Waals surface area contributed by atoms with Crippen LogP contribution in [0.25, 0.3) is 17.0 Å². The lowest BCUT2D eigenvalue weighted by Crippen LogP contribution is -2.24. The van der Waals surface area contributed by atoms with Crippen molar-refractivity contribution in [2.24, 2.45) is 0 Å². The number of amides is 2. The number of hydrogen-bond donors (Lipinski definition) is 2. The van der Waals surface area contributed by atoms with Crippen LogP contribution in [0.15, 0.2) is 48.2 Å². The molecule has 1 heterocycles. The molecule has 2 aromatic carbocycles. The summed E-state index contributed by atoms with van der Waals surface area (Å²) in [6.07, 6.45) is 5.65. The molecule has 0 spiro atoms. The molecule has 2 amide bonds. The minimum atomic E-state index is -1.01. The number of aryl methyl sites for hydroxylation is 1. The lowest BCUT2D eigenvalue weighted by molar-refractivity contribution is -0.128. The summed E-state index contributed by atoms with van der Waals surface area (Å²) in [7, 11) is 5.01. The number of benzene rings is 2. The van der Waals surface area contributed by atoms with E-state index in [9.17, 15) is 19.5 Å². The highest BCUT2D eigenvalue weighted by Crippen LogP contribution is 2.30. The highest BCUT2D eigenvalue weighted by Gasteiger charge is 2.15. The highest BCUT2D eigenvalue weighted by atomic mass is 16.5. The molecule has 0 aliphatic rings. The first kappa shape index (κ1) is 27.5. The van der Waals surface area contributed by atoms with Crippen LogP contribution in [0.2, 0.25) is 0 Å². The molecule has 0 bridgehead atoms. The molecule has 0 unspecified atom stereocenters. The first-order valence-corrected chi connectivity index (χ1v) is 12.3. The van der Waals surface area contributed by atoms with Crippen molar-refractivity contribution in [1.82, 2.24) is 14.8 Å². The van der Waals surface area contributed by atoms with Crippen LogP contribution in [0, 0.1) is 0 Å². The topological polar surface area (TPSA) is 101 Å². The Labute approximate surface area is 217 Å². The van der Waals surface area contributed by atoms with Gasteiger partial charge in [-0.05, 0) is 60.4 Å². The Hall–Kier alpha value is -4.07. The molecule has 0 radical (unpaired) electrons. The number of hydrogen-bond acceptors (Lipinski definition) is 4. The Kier molecular flexibility index (Phi) is 9.11. The van der Waals surface area contributed by atoms with Gasteiger partial charge >= 0.3 is 5.97 Å². The van der Waals surface area contributed by atoms with Crippen LogP contribution < -0.4 is 10.1 Å². The second-order valence-electron chi connectivity index (χ2n) is 9.25.